The number of quaternary nitrogens is 1. The second-order valence-corrected chi connectivity index (χ2v) is 6.62. The van der Waals surface area contributed by atoms with Gasteiger partial charge in [0.25, 0.3) is 0 Å². The minimum atomic E-state index is -0.527. The molecule has 4 rings (SSSR count). The lowest BCUT2D eigenvalue weighted by Gasteiger charge is -2.21. The van der Waals surface area contributed by atoms with E-state index in [2.05, 4.69) is 20.4 Å². The largest absolute Gasteiger partial charge is 0.474 e. The molecule has 1 aromatic heterocycles. The quantitative estimate of drug-likeness (QED) is 0.592. The van der Waals surface area contributed by atoms with E-state index in [1.54, 1.807) is 18.3 Å². The van der Waals surface area contributed by atoms with Gasteiger partial charge >= 0.3 is 5.82 Å². The third-order valence-electron chi connectivity index (χ3n) is 4.38. The maximum atomic E-state index is 13.0. The van der Waals surface area contributed by atoms with E-state index in [1.807, 2.05) is 6.92 Å². The molecule has 0 radical (unpaired) electrons. The number of fused-ring (bicyclic) bond motifs is 1. The topological polar surface area (TPSA) is 107 Å². The van der Waals surface area contributed by atoms with Crippen molar-refractivity contribution in [1.82, 2.24) is 15.4 Å². The molecule has 0 bridgehead atoms. The fourth-order valence-corrected chi connectivity index (χ4v) is 3.02. The molecule has 138 valence electrons. The minimum Gasteiger partial charge on any atom is -0.474 e. The van der Waals surface area contributed by atoms with E-state index in [4.69, 9.17) is 4.74 Å². The molecule has 2 atom stereocenters. The van der Waals surface area contributed by atoms with E-state index in [0.717, 1.165) is 5.56 Å². The molecular weight excluding hydrogens is 355 g/mol. The van der Waals surface area contributed by atoms with Gasteiger partial charge in [0.05, 0.1) is 24.5 Å². The average Bonchev–Trinajstić information content (AvgIpc) is 3.18. The Morgan fingerprint density at radius 3 is 2.78 bits per heavy atom. The van der Waals surface area contributed by atoms with Crippen LogP contribution < -0.4 is 15.2 Å². The van der Waals surface area contributed by atoms with Crippen molar-refractivity contribution >= 4 is 5.84 Å². The number of halogens is 1. The molecule has 2 unspecified atom stereocenters. The molecule has 1 fully saturated rings. The first kappa shape index (κ1) is 17.2. The first-order chi connectivity index (χ1) is 12.9. The van der Waals surface area contributed by atoms with Crippen LogP contribution in [0.5, 0.6) is 5.88 Å². The number of hydrogen-bond acceptors (Lipinski definition) is 7. The van der Waals surface area contributed by atoms with Gasteiger partial charge in [0.15, 0.2) is 6.20 Å². The lowest BCUT2D eigenvalue weighted by Crippen LogP contribution is -3.17. The molecule has 3 heterocycles. The Bertz CT molecular complexity index is 944. The lowest BCUT2D eigenvalue weighted by molar-refractivity contribution is -0.874. The van der Waals surface area contributed by atoms with E-state index >= 15 is 0 Å². The maximum absolute atomic E-state index is 13.0. The molecule has 27 heavy (non-hydrogen) atoms. The smallest absolute Gasteiger partial charge is 0.469 e. The number of hydrogen-bond donors (Lipinski definition) is 2. The van der Waals surface area contributed by atoms with E-state index < -0.39 is 10.5 Å². The number of amidine groups is 1. The summed E-state index contributed by atoms with van der Waals surface area (Å²) < 4.78 is 18.7. The molecule has 2 aliphatic rings. The second kappa shape index (κ2) is 6.49. The van der Waals surface area contributed by atoms with Crippen LogP contribution in [0.1, 0.15) is 13.3 Å². The number of nitro groups is 1. The van der Waals surface area contributed by atoms with Crippen molar-refractivity contribution in [3.8, 4) is 17.1 Å². The fourth-order valence-electron chi connectivity index (χ4n) is 3.02. The summed E-state index contributed by atoms with van der Waals surface area (Å²) in [6.07, 6.45) is 4.81. The highest BCUT2D eigenvalue weighted by atomic mass is 19.1. The molecule has 2 aromatic rings. The van der Waals surface area contributed by atoms with E-state index in [1.165, 1.54) is 24.5 Å². The van der Waals surface area contributed by atoms with Crippen LogP contribution in [0.25, 0.3) is 11.3 Å². The van der Waals surface area contributed by atoms with Crippen molar-refractivity contribution in [3.63, 3.8) is 0 Å². The maximum Gasteiger partial charge on any atom is 0.469 e. The number of nitrogens with one attached hydrogen (secondary N) is 2. The first-order valence-corrected chi connectivity index (χ1v) is 8.21. The highest BCUT2D eigenvalue weighted by Crippen LogP contribution is 2.20. The second-order valence-electron chi connectivity index (χ2n) is 6.62. The van der Waals surface area contributed by atoms with Gasteiger partial charge < -0.3 is 4.74 Å². The predicted octanol–water partition coefficient (Wildman–Crippen LogP) is 0.701. The van der Waals surface area contributed by atoms with Crippen molar-refractivity contribution in [2.75, 3.05) is 6.61 Å². The highest BCUT2D eigenvalue weighted by molar-refractivity contribution is 5.78. The van der Waals surface area contributed by atoms with Crippen LogP contribution in [-0.2, 0) is 0 Å². The summed E-state index contributed by atoms with van der Waals surface area (Å²) in [6.45, 7) is 2.14. The van der Waals surface area contributed by atoms with Crippen molar-refractivity contribution < 1.29 is 19.1 Å². The van der Waals surface area contributed by atoms with E-state index in [0.29, 0.717) is 28.8 Å². The number of aromatic nitrogens is 2. The Morgan fingerprint density at radius 2 is 2.11 bits per heavy atom. The molecular formula is C17H16FN6O3+. The summed E-state index contributed by atoms with van der Waals surface area (Å²) >= 11 is 0. The number of benzene rings is 1. The Hall–Kier alpha value is -3.24. The van der Waals surface area contributed by atoms with Crippen LogP contribution in [0, 0.1) is 15.9 Å². The van der Waals surface area contributed by atoms with Gasteiger partial charge in [0, 0.05) is 5.56 Å². The van der Waals surface area contributed by atoms with Gasteiger partial charge in [-0.15, -0.1) is 10.4 Å². The molecule has 0 saturated carbocycles. The number of nitrogens with zero attached hydrogens (tertiary/aromatic N) is 4. The summed E-state index contributed by atoms with van der Waals surface area (Å²) in [5.41, 5.74) is 3.97. The van der Waals surface area contributed by atoms with Crippen LogP contribution in [0.2, 0.25) is 0 Å². The molecule has 1 saturated heterocycles. The van der Waals surface area contributed by atoms with Gasteiger partial charge in [-0.2, -0.15) is 4.99 Å². The van der Waals surface area contributed by atoms with E-state index in [-0.39, 0.29) is 18.2 Å². The van der Waals surface area contributed by atoms with Crippen LogP contribution in [0.15, 0.2) is 53.7 Å². The number of aliphatic imine (C=N–C) groups is 1. The van der Waals surface area contributed by atoms with Gasteiger partial charge in [-0.1, -0.05) is 0 Å². The van der Waals surface area contributed by atoms with Crippen molar-refractivity contribution in [1.29, 1.82) is 0 Å². The zero-order chi connectivity index (χ0) is 19.0. The molecule has 2 aliphatic heterocycles. The summed E-state index contributed by atoms with van der Waals surface area (Å²) in [4.78, 5) is 23.2. The zero-order valence-electron chi connectivity index (χ0n) is 14.3. The van der Waals surface area contributed by atoms with Gasteiger partial charge in [-0.3, -0.25) is 10.1 Å². The van der Waals surface area contributed by atoms with Crippen LogP contribution in [0.3, 0.4) is 0 Å². The normalized spacial score (nSPS) is 23.6. The Kier molecular flexibility index (Phi) is 4.13. The van der Waals surface area contributed by atoms with Gasteiger partial charge in [-0.05, 0) is 31.2 Å². The fraction of sp³-hybridized carbons (Fsp3) is 0.235. The minimum absolute atomic E-state index is 0.0304. The third kappa shape index (κ3) is 3.39. The summed E-state index contributed by atoms with van der Waals surface area (Å²) in [7, 11) is 0. The van der Waals surface area contributed by atoms with Crippen LogP contribution in [0.4, 0.5) is 4.39 Å². The average molecular weight is 371 g/mol. The molecule has 0 amide bonds. The third-order valence-corrected chi connectivity index (χ3v) is 4.38. The molecule has 10 heteroatoms. The monoisotopic (exact) mass is 371 g/mol. The molecule has 2 N–H and O–H groups in total. The number of rotatable bonds is 5. The molecule has 0 spiro atoms. The Labute approximate surface area is 153 Å². The SMILES string of the molecule is CC1(COc2cnc(-c3ccc(F)cc3)cn2)CC2=NC=C([N+](=O)[O-])[NH+]2N1. The lowest BCUT2D eigenvalue weighted by atomic mass is 10.0. The van der Waals surface area contributed by atoms with Crippen LogP contribution >= 0.6 is 0 Å². The van der Waals surface area contributed by atoms with Crippen molar-refractivity contribution in [3.05, 3.63) is 64.6 Å². The Balaban J connectivity index is 1.39. The molecule has 0 aliphatic carbocycles. The summed E-state index contributed by atoms with van der Waals surface area (Å²) in [6, 6.07) is 5.97. The highest BCUT2D eigenvalue weighted by Gasteiger charge is 2.51. The Morgan fingerprint density at radius 1 is 1.33 bits per heavy atom. The summed E-state index contributed by atoms with van der Waals surface area (Å²) in [5.74, 6) is 0.645. The molecule has 1 aromatic carbocycles. The first-order valence-electron chi connectivity index (χ1n) is 8.21. The summed E-state index contributed by atoms with van der Waals surface area (Å²) in [5, 5.41) is 11.5. The van der Waals surface area contributed by atoms with Gasteiger partial charge in [-0.25, -0.2) is 14.4 Å². The predicted molar refractivity (Wildman–Crippen MR) is 92.6 cm³/mol. The van der Waals surface area contributed by atoms with Gasteiger partial charge in [0.2, 0.25) is 11.7 Å². The van der Waals surface area contributed by atoms with Crippen molar-refractivity contribution in [2.24, 2.45) is 4.99 Å². The standard InChI is InChI=1S/C17H15FN6O3/c1-17(6-14-20-9-16(24(25)26)23(14)22-17)10-27-15-8-19-13(7-21-15)11-2-4-12(18)5-3-11/h2-5,7-9,22H,6,10H2,1H3/p+1. The van der Waals surface area contributed by atoms with Crippen molar-refractivity contribution in [2.45, 2.75) is 18.9 Å². The number of ether oxygens (including phenoxy) is 1. The zero-order valence-corrected chi connectivity index (χ0v) is 14.3. The van der Waals surface area contributed by atoms with Crippen LogP contribution in [-0.4, -0.2) is 32.9 Å². The van der Waals surface area contributed by atoms with E-state index in [9.17, 15) is 14.5 Å². The molecule has 9 nitrogen and oxygen atoms in total. The van der Waals surface area contributed by atoms with Gasteiger partial charge in [0.1, 0.15) is 22.9 Å².